The number of halogens is 2. The molecule has 21 heavy (non-hydrogen) atoms. The molecule has 5 heteroatoms. The molecule has 0 unspecified atom stereocenters. The number of guanidine groups is 1. The first-order chi connectivity index (χ1) is 9.87. The van der Waals surface area contributed by atoms with Crippen molar-refractivity contribution in [2.75, 3.05) is 34.7 Å². The van der Waals surface area contributed by atoms with Gasteiger partial charge in [-0.15, -0.1) is 0 Å². The number of hydrogen-bond donors (Lipinski definition) is 0. The summed E-state index contributed by atoms with van der Waals surface area (Å²) in [6.45, 7) is 0.413. The van der Waals surface area contributed by atoms with Gasteiger partial charge in [-0.25, -0.2) is 8.78 Å². The van der Waals surface area contributed by atoms with E-state index in [9.17, 15) is 8.78 Å². The molecule has 0 atom stereocenters. The fourth-order valence-electron chi connectivity index (χ4n) is 3.00. The summed E-state index contributed by atoms with van der Waals surface area (Å²) in [4.78, 5) is 8.42. The van der Waals surface area contributed by atoms with Gasteiger partial charge in [0.1, 0.15) is 11.6 Å². The molecule has 1 saturated carbocycles. The minimum absolute atomic E-state index is 0.205. The van der Waals surface area contributed by atoms with Crippen molar-refractivity contribution >= 4 is 5.96 Å². The second kappa shape index (κ2) is 6.00. The molecule has 0 aliphatic heterocycles. The molecule has 0 aromatic heterocycles. The van der Waals surface area contributed by atoms with Crippen molar-refractivity contribution in [2.24, 2.45) is 4.99 Å². The lowest BCUT2D eigenvalue weighted by molar-refractivity contribution is 0.235. The number of rotatable bonds is 3. The van der Waals surface area contributed by atoms with Gasteiger partial charge in [0.25, 0.3) is 0 Å². The van der Waals surface area contributed by atoms with Gasteiger partial charge in [-0.05, 0) is 25.0 Å². The number of aliphatic imine (C=N–C) groups is 1. The third-order valence-corrected chi connectivity index (χ3v) is 4.13. The molecule has 3 nitrogen and oxygen atoms in total. The van der Waals surface area contributed by atoms with Crippen LogP contribution >= 0.6 is 0 Å². The van der Waals surface area contributed by atoms with Crippen molar-refractivity contribution in [1.29, 1.82) is 0 Å². The van der Waals surface area contributed by atoms with E-state index in [0.29, 0.717) is 6.54 Å². The summed E-state index contributed by atoms with van der Waals surface area (Å²) in [6.07, 6.45) is 2.55. The van der Waals surface area contributed by atoms with Gasteiger partial charge in [0.15, 0.2) is 5.96 Å². The Labute approximate surface area is 125 Å². The van der Waals surface area contributed by atoms with Crippen molar-refractivity contribution in [1.82, 2.24) is 9.80 Å². The van der Waals surface area contributed by atoms with Crippen LogP contribution in [0.1, 0.15) is 24.8 Å². The fourth-order valence-corrected chi connectivity index (χ4v) is 3.00. The molecule has 2 rings (SSSR count). The number of benzene rings is 1. The third kappa shape index (κ3) is 3.01. The van der Waals surface area contributed by atoms with Crippen LogP contribution in [0, 0.1) is 11.6 Å². The van der Waals surface area contributed by atoms with Crippen LogP contribution in [0.4, 0.5) is 8.78 Å². The Morgan fingerprint density at radius 2 is 1.62 bits per heavy atom. The van der Waals surface area contributed by atoms with E-state index in [1.807, 2.05) is 38.0 Å². The highest BCUT2D eigenvalue weighted by Crippen LogP contribution is 2.46. The predicted octanol–water partition coefficient (Wildman–Crippen LogP) is 2.87. The van der Waals surface area contributed by atoms with E-state index in [-0.39, 0.29) is 5.56 Å². The smallest absolute Gasteiger partial charge is 0.195 e. The van der Waals surface area contributed by atoms with E-state index < -0.39 is 17.0 Å². The Bertz CT molecular complexity index is 504. The molecule has 0 saturated heterocycles. The van der Waals surface area contributed by atoms with Gasteiger partial charge >= 0.3 is 0 Å². The lowest BCUT2D eigenvalue weighted by atomic mass is 9.64. The van der Waals surface area contributed by atoms with E-state index in [4.69, 9.17) is 0 Å². The molecule has 116 valence electrons. The molecular formula is C16H23F2N3. The summed E-state index contributed by atoms with van der Waals surface area (Å²) in [7, 11) is 7.65. The van der Waals surface area contributed by atoms with E-state index in [0.717, 1.165) is 25.2 Å². The topological polar surface area (TPSA) is 18.8 Å². The van der Waals surface area contributed by atoms with Crippen molar-refractivity contribution < 1.29 is 8.78 Å². The minimum Gasteiger partial charge on any atom is -0.349 e. The molecule has 0 bridgehead atoms. The quantitative estimate of drug-likeness (QED) is 0.631. The normalized spacial score (nSPS) is 16.1. The Hall–Kier alpha value is -1.65. The second-order valence-corrected chi connectivity index (χ2v) is 6.14. The molecule has 0 radical (unpaired) electrons. The fraction of sp³-hybridized carbons (Fsp3) is 0.562. The van der Waals surface area contributed by atoms with Gasteiger partial charge in [-0.2, -0.15) is 0 Å². The predicted molar refractivity (Wildman–Crippen MR) is 81.6 cm³/mol. The molecule has 0 amide bonds. The number of nitrogens with zero attached hydrogens (tertiary/aromatic N) is 3. The van der Waals surface area contributed by atoms with Gasteiger partial charge in [0.05, 0.1) is 6.54 Å². The third-order valence-electron chi connectivity index (χ3n) is 4.13. The first kappa shape index (κ1) is 15.7. The highest BCUT2D eigenvalue weighted by Gasteiger charge is 2.42. The SMILES string of the molecule is CN(C)C(=NCC1(c2c(F)cccc2F)CCC1)N(C)C. The summed E-state index contributed by atoms with van der Waals surface area (Å²) < 4.78 is 28.2. The van der Waals surface area contributed by atoms with Gasteiger partial charge < -0.3 is 9.80 Å². The molecule has 1 aromatic rings. The zero-order valence-corrected chi connectivity index (χ0v) is 13.2. The van der Waals surface area contributed by atoms with E-state index in [1.165, 1.54) is 18.2 Å². The van der Waals surface area contributed by atoms with Gasteiger partial charge in [-0.1, -0.05) is 12.5 Å². The van der Waals surface area contributed by atoms with Crippen molar-refractivity contribution in [3.63, 3.8) is 0 Å². The maximum Gasteiger partial charge on any atom is 0.195 e. The van der Waals surface area contributed by atoms with Crippen LogP contribution in [0.25, 0.3) is 0 Å². The molecular weight excluding hydrogens is 272 g/mol. The van der Waals surface area contributed by atoms with Crippen LogP contribution in [0.2, 0.25) is 0 Å². The van der Waals surface area contributed by atoms with E-state index in [1.54, 1.807) is 0 Å². The lowest BCUT2D eigenvalue weighted by Gasteiger charge is -2.42. The summed E-state index contributed by atoms with van der Waals surface area (Å²) in [5.41, 5.74) is -0.288. The molecule has 1 aromatic carbocycles. The summed E-state index contributed by atoms with van der Waals surface area (Å²) in [5, 5.41) is 0. The maximum absolute atomic E-state index is 14.1. The highest BCUT2D eigenvalue weighted by molar-refractivity contribution is 5.79. The monoisotopic (exact) mass is 295 g/mol. The van der Waals surface area contributed by atoms with Crippen LogP contribution in [0.3, 0.4) is 0 Å². The van der Waals surface area contributed by atoms with Crippen LogP contribution in [-0.4, -0.2) is 50.5 Å². The summed E-state index contributed by atoms with van der Waals surface area (Å²) >= 11 is 0. The molecule has 0 spiro atoms. The first-order valence-electron chi connectivity index (χ1n) is 7.21. The zero-order chi connectivity index (χ0) is 15.6. The zero-order valence-electron chi connectivity index (χ0n) is 13.2. The van der Waals surface area contributed by atoms with Crippen LogP contribution in [0.5, 0.6) is 0 Å². The average Bonchev–Trinajstić information content (AvgIpc) is 2.33. The highest BCUT2D eigenvalue weighted by atomic mass is 19.1. The standard InChI is InChI=1S/C16H23F2N3/c1-20(2)15(21(3)4)19-11-16(9-6-10-16)14-12(17)7-5-8-13(14)18/h5,7-8H,6,9-11H2,1-4H3. The molecule has 0 N–H and O–H groups in total. The molecule has 1 fully saturated rings. The largest absolute Gasteiger partial charge is 0.349 e. The Morgan fingerprint density at radius 3 is 2.00 bits per heavy atom. The van der Waals surface area contributed by atoms with Crippen molar-refractivity contribution in [3.8, 4) is 0 Å². The van der Waals surface area contributed by atoms with Gasteiger partial charge in [-0.3, -0.25) is 4.99 Å². The van der Waals surface area contributed by atoms with Crippen molar-refractivity contribution in [2.45, 2.75) is 24.7 Å². The molecule has 1 aliphatic carbocycles. The second-order valence-electron chi connectivity index (χ2n) is 6.14. The molecule has 0 heterocycles. The first-order valence-corrected chi connectivity index (χ1v) is 7.21. The van der Waals surface area contributed by atoms with Crippen LogP contribution in [0.15, 0.2) is 23.2 Å². The lowest BCUT2D eigenvalue weighted by Crippen LogP contribution is -2.42. The van der Waals surface area contributed by atoms with Crippen molar-refractivity contribution in [3.05, 3.63) is 35.4 Å². The minimum atomic E-state index is -0.493. The Morgan fingerprint density at radius 1 is 1.10 bits per heavy atom. The van der Waals surface area contributed by atoms with E-state index >= 15 is 0 Å². The van der Waals surface area contributed by atoms with Gasteiger partial charge in [0, 0.05) is 39.2 Å². The summed E-state index contributed by atoms with van der Waals surface area (Å²) in [5.74, 6) is -0.111. The van der Waals surface area contributed by atoms with Crippen LogP contribution in [-0.2, 0) is 5.41 Å². The Balaban J connectivity index is 2.33. The average molecular weight is 295 g/mol. The maximum atomic E-state index is 14.1. The van der Waals surface area contributed by atoms with Gasteiger partial charge in [0.2, 0.25) is 0 Å². The van der Waals surface area contributed by atoms with Crippen LogP contribution < -0.4 is 0 Å². The number of hydrogen-bond acceptors (Lipinski definition) is 1. The summed E-state index contributed by atoms with van der Waals surface area (Å²) in [6, 6.07) is 4.08. The molecule has 1 aliphatic rings. The Kier molecular flexibility index (Phi) is 4.49. The van der Waals surface area contributed by atoms with E-state index in [2.05, 4.69) is 4.99 Å².